The summed E-state index contributed by atoms with van der Waals surface area (Å²) in [5.74, 6) is 0.815. The van der Waals surface area contributed by atoms with Crippen molar-refractivity contribution in [3.05, 3.63) is 175 Å². The number of aromatic nitrogens is 1. The second-order valence-corrected chi connectivity index (χ2v) is 12.9. The van der Waals surface area contributed by atoms with Gasteiger partial charge in [-0.05, 0) is 117 Å². The predicted molar refractivity (Wildman–Crippen MR) is 205 cm³/mol. The van der Waals surface area contributed by atoms with Gasteiger partial charge in [0.2, 0.25) is 5.90 Å². The first-order chi connectivity index (χ1) is 26.0. The number of carbonyl (C=O) groups excluding carboxylic acids is 1. The molecule has 6 aromatic rings. The average Bonchev–Trinajstić information content (AvgIpc) is 3.67. The van der Waals surface area contributed by atoms with Gasteiger partial charge in [-0.2, -0.15) is 5.26 Å². The van der Waals surface area contributed by atoms with Crippen molar-refractivity contribution in [1.29, 1.82) is 5.26 Å². The Kier molecular flexibility index (Phi) is 9.27. The highest BCUT2D eigenvalue weighted by Crippen LogP contribution is 2.42. The molecule has 0 fully saturated rings. The molecule has 0 bridgehead atoms. The van der Waals surface area contributed by atoms with Gasteiger partial charge in [0.05, 0.1) is 29.6 Å². The Labute approximate surface area is 310 Å². The maximum atomic E-state index is 14.2. The molecule has 10 nitrogen and oxygen atoms in total. The molecule has 0 aliphatic carbocycles. The summed E-state index contributed by atoms with van der Waals surface area (Å²) in [7, 11) is 0. The van der Waals surface area contributed by atoms with Gasteiger partial charge in [-0.3, -0.25) is 0 Å². The van der Waals surface area contributed by atoms with Gasteiger partial charge in [0.1, 0.15) is 28.4 Å². The van der Waals surface area contributed by atoms with E-state index in [1.807, 2.05) is 33.8 Å². The summed E-state index contributed by atoms with van der Waals surface area (Å²) in [4.78, 5) is 38.0. The van der Waals surface area contributed by atoms with Gasteiger partial charge in [-0.15, -0.1) is 0 Å². The number of carbonyl (C=O) groups is 1. The third kappa shape index (κ3) is 6.92. The maximum Gasteiger partial charge on any atom is 0.349 e. The Morgan fingerprint density at radius 2 is 1.46 bits per heavy atom. The molecule has 1 aliphatic heterocycles. The van der Waals surface area contributed by atoms with Crippen molar-refractivity contribution in [3.63, 3.8) is 0 Å². The first-order valence-corrected chi connectivity index (χ1v) is 16.9. The van der Waals surface area contributed by atoms with Crippen molar-refractivity contribution in [2.45, 2.75) is 34.6 Å². The summed E-state index contributed by atoms with van der Waals surface area (Å²) in [6, 6.07) is 29.3. The van der Waals surface area contributed by atoms with E-state index in [9.17, 15) is 14.9 Å². The lowest BCUT2D eigenvalue weighted by atomic mass is 9.88. The minimum Gasteiger partial charge on any atom is -0.441 e. The first kappa shape index (κ1) is 35.0. The molecule has 0 saturated heterocycles. The van der Waals surface area contributed by atoms with Gasteiger partial charge < -0.3 is 23.6 Å². The smallest absolute Gasteiger partial charge is 0.349 e. The molecule has 0 amide bonds. The van der Waals surface area contributed by atoms with Crippen LogP contribution in [0.15, 0.2) is 128 Å². The molecule has 1 N–H and O–H groups in total. The average molecular weight is 713 g/mol. The lowest BCUT2D eigenvalue weighted by Gasteiger charge is -2.18. The lowest BCUT2D eigenvalue weighted by molar-refractivity contribution is -0.129. The van der Waals surface area contributed by atoms with Crippen molar-refractivity contribution in [2.24, 2.45) is 4.99 Å². The topological polar surface area (TPSA) is 131 Å². The summed E-state index contributed by atoms with van der Waals surface area (Å²) in [6.07, 6.45) is 0. The number of allylic oxidation sites excluding steroid dienone is 1. The van der Waals surface area contributed by atoms with E-state index in [0.29, 0.717) is 51.0 Å². The fourth-order valence-corrected chi connectivity index (χ4v) is 6.54. The Bertz CT molecular complexity index is 2710. The second kappa shape index (κ2) is 14.3. The number of nitrogens with zero attached hydrogens (tertiary/aromatic N) is 3. The molecule has 0 spiro atoms. The number of esters is 1. The van der Waals surface area contributed by atoms with Crippen molar-refractivity contribution < 1.29 is 23.4 Å². The normalized spacial score (nSPS) is 13.3. The van der Waals surface area contributed by atoms with Gasteiger partial charge in [0.25, 0.3) is 0 Å². The number of benzene rings is 4. The quantitative estimate of drug-likeness (QED) is 0.0755. The van der Waals surface area contributed by atoms with E-state index < -0.39 is 11.6 Å². The van der Waals surface area contributed by atoms with Gasteiger partial charge in [0.15, 0.2) is 11.6 Å². The van der Waals surface area contributed by atoms with Crippen LogP contribution in [0.4, 0.5) is 5.69 Å². The van der Waals surface area contributed by atoms with Crippen LogP contribution < -0.4 is 19.8 Å². The van der Waals surface area contributed by atoms with Crippen molar-refractivity contribution >= 4 is 34.1 Å². The summed E-state index contributed by atoms with van der Waals surface area (Å²) in [5.41, 5.74) is 8.03. The third-order valence-electron chi connectivity index (χ3n) is 8.96. The number of fused-ring (bicyclic) bond motifs is 1. The number of nitrogens with one attached hydrogen (secondary N) is 1. The zero-order chi connectivity index (χ0) is 38.1. The second-order valence-electron chi connectivity index (χ2n) is 12.9. The number of nitriles is 1. The molecular formula is C44H32N4O6. The van der Waals surface area contributed by atoms with Crippen LogP contribution in [0.25, 0.3) is 21.4 Å². The number of hydrogen-bond acceptors (Lipinski definition) is 8. The van der Waals surface area contributed by atoms with Crippen LogP contribution >= 0.6 is 0 Å². The Morgan fingerprint density at radius 1 is 0.815 bits per heavy atom. The maximum absolute atomic E-state index is 14.2. The molecule has 3 heterocycles. The van der Waals surface area contributed by atoms with Crippen LogP contribution in [-0.4, -0.2) is 16.9 Å². The predicted octanol–water partition coefficient (Wildman–Crippen LogP) is 9.74. The van der Waals surface area contributed by atoms with Crippen molar-refractivity contribution in [2.75, 3.05) is 0 Å². The van der Waals surface area contributed by atoms with E-state index in [1.165, 1.54) is 12.1 Å². The highest BCUT2D eigenvalue weighted by atomic mass is 16.5. The van der Waals surface area contributed by atoms with Gasteiger partial charge in [-0.1, -0.05) is 29.8 Å². The fourth-order valence-electron chi connectivity index (χ4n) is 6.54. The van der Waals surface area contributed by atoms with Crippen molar-refractivity contribution in [1.82, 2.24) is 4.98 Å². The molecule has 1 aliphatic rings. The molecule has 0 atom stereocenters. The molecule has 2 aromatic heterocycles. The van der Waals surface area contributed by atoms with Crippen LogP contribution in [0.5, 0.6) is 23.1 Å². The molecule has 4 aromatic carbocycles. The molecule has 264 valence electrons. The van der Waals surface area contributed by atoms with Crippen LogP contribution in [0.1, 0.15) is 46.0 Å². The number of aliphatic imine (C=N–C) groups is 1. The number of rotatable bonds is 7. The summed E-state index contributed by atoms with van der Waals surface area (Å²) in [6.45, 7) is 17.1. The number of hydrogen-bond donors (Lipinski definition) is 1. The monoisotopic (exact) mass is 712 g/mol. The largest absolute Gasteiger partial charge is 0.441 e. The molecule has 54 heavy (non-hydrogen) atoms. The molecule has 0 unspecified atom stereocenters. The standard InChI is InChI=1S/C44H32N4O6/c1-24-19-25(2)38(26(3)20-24)40(41-27(4)21-36(47-41)51-32-16-11-31(46-6)12-17-32)42-28(5)39(43(48-42)52-33-13-7-29(23-45)8-14-33)44(50)53-34-15-9-30-10-18-37(49)54-35(30)22-34/h7-22,47H,1-5H3/b42-40-. The Morgan fingerprint density at radius 3 is 2.15 bits per heavy atom. The minimum absolute atomic E-state index is 0.00465. The summed E-state index contributed by atoms with van der Waals surface area (Å²) >= 11 is 0. The first-order valence-electron chi connectivity index (χ1n) is 16.9. The fraction of sp³-hybridized carbons (Fsp3) is 0.114. The van der Waals surface area contributed by atoms with E-state index in [4.69, 9.17) is 30.2 Å². The van der Waals surface area contributed by atoms with Gasteiger partial charge in [-0.25, -0.2) is 19.4 Å². The number of aryl methyl sites for hydroxylation is 4. The molecular weight excluding hydrogens is 681 g/mol. The van der Waals surface area contributed by atoms with E-state index >= 15 is 0 Å². The van der Waals surface area contributed by atoms with Crippen LogP contribution in [0.2, 0.25) is 0 Å². The summed E-state index contributed by atoms with van der Waals surface area (Å²) < 4.78 is 23.7. The Hall–Kier alpha value is -7.43. The van der Waals surface area contributed by atoms with Crippen LogP contribution in [-0.2, 0) is 4.79 Å². The summed E-state index contributed by atoms with van der Waals surface area (Å²) in [5, 5.41) is 10.0. The van der Waals surface area contributed by atoms with E-state index in [-0.39, 0.29) is 22.8 Å². The number of H-pyrrole nitrogens is 1. The Balaban J connectivity index is 1.40. The van der Waals surface area contributed by atoms with Crippen LogP contribution in [0, 0.1) is 45.6 Å². The highest BCUT2D eigenvalue weighted by molar-refractivity contribution is 6.21. The number of ether oxygens (including phenoxy) is 3. The van der Waals surface area contributed by atoms with Gasteiger partial charge in [0, 0.05) is 29.2 Å². The minimum atomic E-state index is -0.737. The molecule has 0 radical (unpaired) electrons. The van der Waals surface area contributed by atoms with Crippen molar-refractivity contribution in [3.8, 4) is 29.2 Å². The SMILES string of the molecule is [C-]#[N+]c1ccc(Oc2cc(C)c(/C(=C3\N=C(Oc4ccc(C#N)cc4)C(C(=O)Oc4ccc5ccc(=O)oc5c4)=C3C)c3c(C)cc(C)cc3C)[nH]2)cc1. The number of aromatic amines is 1. The van der Waals surface area contributed by atoms with E-state index in [1.54, 1.807) is 73.7 Å². The lowest BCUT2D eigenvalue weighted by Crippen LogP contribution is -2.21. The molecule has 7 rings (SSSR count). The third-order valence-corrected chi connectivity index (χ3v) is 8.96. The van der Waals surface area contributed by atoms with Gasteiger partial charge >= 0.3 is 11.6 Å². The highest BCUT2D eigenvalue weighted by Gasteiger charge is 2.34. The molecule has 10 heteroatoms. The zero-order valence-corrected chi connectivity index (χ0v) is 30.0. The van der Waals surface area contributed by atoms with Crippen LogP contribution in [0.3, 0.4) is 0 Å². The van der Waals surface area contributed by atoms with E-state index in [2.05, 4.69) is 28.0 Å². The zero-order valence-electron chi connectivity index (χ0n) is 30.0. The van der Waals surface area contributed by atoms with E-state index in [0.717, 1.165) is 33.4 Å². The molecule has 0 saturated carbocycles.